The number of hydrogen-bond donors (Lipinski definition) is 6. The molecule has 0 unspecified atom stereocenters. The SMILES string of the molecule is NCC(=O)N[C@@H](CC(N)=O)C(=O)N[C@@H](CCC(N)=O)C(=O)O. The molecule has 22 heavy (non-hydrogen) atoms. The fourth-order valence-electron chi connectivity index (χ4n) is 1.48. The molecule has 2 atom stereocenters. The molecule has 0 aromatic heterocycles. The van der Waals surface area contributed by atoms with Crippen LogP contribution in [0.5, 0.6) is 0 Å². The van der Waals surface area contributed by atoms with Crippen LogP contribution in [0.1, 0.15) is 19.3 Å². The minimum absolute atomic E-state index is 0.232. The lowest BCUT2D eigenvalue weighted by Gasteiger charge is -2.20. The molecular formula is C11H19N5O6. The van der Waals surface area contributed by atoms with Gasteiger partial charge in [-0.25, -0.2) is 4.79 Å². The topological polar surface area (TPSA) is 208 Å². The number of carboxylic acids is 1. The highest BCUT2D eigenvalue weighted by Gasteiger charge is 2.27. The van der Waals surface area contributed by atoms with Crippen molar-refractivity contribution in [3.05, 3.63) is 0 Å². The molecule has 0 aromatic rings. The molecule has 9 N–H and O–H groups in total. The van der Waals surface area contributed by atoms with Gasteiger partial charge in [-0.15, -0.1) is 0 Å². The van der Waals surface area contributed by atoms with E-state index in [9.17, 15) is 24.0 Å². The summed E-state index contributed by atoms with van der Waals surface area (Å²) in [6.07, 6.45) is -1.02. The predicted molar refractivity (Wildman–Crippen MR) is 72.8 cm³/mol. The van der Waals surface area contributed by atoms with E-state index in [1.807, 2.05) is 0 Å². The van der Waals surface area contributed by atoms with Crippen LogP contribution in [-0.2, 0) is 24.0 Å². The molecule has 4 amide bonds. The number of hydrogen-bond acceptors (Lipinski definition) is 6. The van der Waals surface area contributed by atoms with Crippen molar-refractivity contribution in [3.8, 4) is 0 Å². The fraction of sp³-hybridized carbons (Fsp3) is 0.545. The molecule has 0 saturated carbocycles. The monoisotopic (exact) mass is 317 g/mol. The summed E-state index contributed by atoms with van der Waals surface area (Å²) in [6, 6.07) is -2.76. The zero-order valence-corrected chi connectivity index (χ0v) is 11.7. The lowest BCUT2D eigenvalue weighted by molar-refractivity contribution is -0.142. The van der Waals surface area contributed by atoms with E-state index in [0.29, 0.717) is 0 Å². The molecule has 0 rings (SSSR count). The zero-order valence-electron chi connectivity index (χ0n) is 11.7. The second kappa shape index (κ2) is 9.28. The number of aliphatic carboxylic acids is 1. The maximum absolute atomic E-state index is 11.9. The Morgan fingerprint density at radius 3 is 1.95 bits per heavy atom. The number of carbonyl (C=O) groups excluding carboxylic acids is 4. The molecule has 0 saturated heterocycles. The first-order valence-electron chi connectivity index (χ1n) is 6.26. The van der Waals surface area contributed by atoms with E-state index in [4.69, 9.17) is 22.3 Å². The minimum atomic E-state index is -1.40. The first-order valence-corrected chi connectivity index (χ1v) is 6.26. The van der Waals surface area contributed by atoms with Crippen molar-refractivity contribution >= 4 is 29.6 Å². The van der Waals surface area contributed by atoms with Gasteiger partial charge in [-0.05, 0) is 6.42 Å². The minimum Gasteiger partial charge on any atom is -0.480 e. The van der Waals surface area contributed by atoms with Gasteiger partial charge in [0.25, 0.3) is 0 Å². The number of carbonyl (C=O) groups is 5. The van der Waals surface area contributed by atoms with Gasteiger partial charge in [0.15, 0.2) is 0 Å². The van der Waals surface area contributed by atoms with Gasteiger partial charge in [-0.2, -0.15) is 0 Å². The summed E-state index contributed by atoms with van der Waals surface area (Å²) in [5, 5.41) is 13.2. The number of primary amides is 2. The average molecular weight is 317 g/mol. The van der Waals surface area contributed by atoms with E-state index in [-0.39, 0.29) is 12.8 Å². The van der Waals surface area contributed by atoms with Gasteiger partial charge >= 0.3 is 5.97 Å². The van der Waals surface area contributed by atoms with Gasteiger partial charge in [0.2, 0.25) is 23.6 Å². The van der Waals surface area contributed by atoms with Gasteiger partial charge in [0.05, 0.1) is 13.0 Å². The van der Waals surface area contributed by atoms with Crippen LogP contribution in [0.4, 0.5) is 0 Å². The molecule has 0 aliphatic rings. The van der Waals surface area contributed by atoms with E-state index in [0.717, 1.165) is 0 Å². The first-order chi connectivity index (χ1) is 10.2. The molecule has 11 heteroatoms. The number of rotatable bonds is 10. The predicted octanol–water partition coefficient (Wildman–Crippen LogP) is -3.86. The maximum atomic E-state index is 11.9. The molecule has 0 fully saturated rings. The van der Waals surface area contributed by atoms with Gasteiger partial charge < -0.3 is 32.9 Å². The molecule has 0 bridgehead atoms. The van der Waals surface area contributed by atoms with Gasteiger partial charge in [0, 0.05) is 6.42 Å². The molecule has 0 heterocycles. The molecule has 124 valence electrons. The van der Waals surface area contributed by atoms with Crippen LogP contribution in [0.2, 0.25) is 0 Å². The Morgan fingerprint density at radius 2 is 1.55 bits per heavy atom. The zero-order chi connectivity index (χ0) is 17.3. The molecule has 0 aromatic carbocycles. The Balaban J connectivity index is 4.86. The second-order valence-electron chi connectivity index (χ2n) is 4.40. The van der Waals surface area contributed by atoms with Gasteiger partial charge in [0.1, 0.15) is 12.1 Å². The number of carboxylic acid groups (broad SMARTS) is 1. The smallest absolute Gasteiger partial charge is 0.326 e. The largest absolute Gasteiger partial charge is 0.480 e. The lowest BCUT2D eigenvalue weighted by atomic mass is 10.1. The summed E-state index contributed by atoms with van der Waals surface area (Å²) in [6.45, 7) is -0.424. The van der Waals surface area contributed by atoms with E-state index >= 15 is 0 Å². The van der Waals surface area contributed by atoms with Crippen LogP contribution in [0.25, 0.3) is 0 Å². The van der Waals surface area contributed by atoms with Crippen LogP contribution >= 0.6 is 0 Å². The van der Waals surface area contributed by atoms with Gasteiger partial charge in [-0.1, -0.05) is 0 Å². The van der Waals surface area contributed by atoms with Crippen LogP contribution in [-0.4, -0.2) is 53.3 Å². The lowest BCUT2D eigenvalue weighted by Crippen LogP contribution is -2.53. The van der Waals surface area contributed by atoms with Crippen LogP contribution in [0, 0.1) is 0 Å². The van der Waals surface area contributed by atoms with Crippen molar-refractivity contribution in [2.45, 2.75) is 31.3 Å². The summed E-state index contributed by atoms with van der Waals surface area (Å²) in [5.41, 5.74) is 14.9. The second-order valence-corrected chi connectivity index (χ2v) is 4.40. The van der Waals surface area contributed by atoms with Crippen molar-refractivity contribution in [1.29, 1.82) is 0 Å². The molecule has 11 nitrogen and oxygen atoms in total. The summed E-state index contributed by atoms with van der Waals surface area (Å²) in [7, 11) is 0. The maximum Gasteiger partial charge on any atom is 0.326 e. The van der Waals surface area contributed by atoms with E-state index < -0.39 is 54.6 Å². The molecule has 0 aliphatic heterocycles. The van der Waals surface area contributed by atoms with Crippen molar-refractivity contribution in [3.63, 3.8) is 0 Å². The third-order valence-electron chi connectivity index (χ3n) is 2.54. The van der Waals surface area contributed by atoms with Gasteiger partial charge in [-0.3, -0.25) is 19.2 Å². The molecule has 0 spiro atoms. The Kier molecular flexibility index (Phi) is 8.15. The highest BCUT2D eigenvalue weighted by molar-refractivity contribution is 5.94. The van der Waals surface area contributed by atoms with Crippen molar-refractivity contribution in [2.24, 2.45) is 17.2 Å². The van der Waals surface area contributed by atoms with Crippen molar-refractivity contribution < 1.29 is 29.1 Å². The highest BCUT2D eigenvalue weighted by atomic mass is 16.4. The van der Waals surface area contributed by atoms with Crippen molar-refractivity contribution in [2.75, 3.05) is 6.54 Å². The Morgan fingerprint density at radius 1 is 0.955 bits per heavy atom. The Hall–Kier alpha value is -2.69. The molecule has 0 radical (unpaired) electrons. The summed E-state index contributed by atoms with van der Waals surface area (Å²) < 4.78 is 0. The fourth-order valence-corrected chi connectivity index (χ4v) is 1.48. The van der Waals surface area contributed by atoms with E-state index in [2.05, 4.69) is 10.6 Å². The number of nitrogens with two attached hydrogens (primary N) is 3. The number of nitrogens with one attached hydrogen (secondary N) is 2. The Labute approximate surface area is 125 Å². The average Bonchev–Trinajstić information content (AvgIpc) is 2.41. The van der Waals surface area contributed by atoms with Crippen molar-refractivity contribution in [1.82, 2.24) is 10.6 Å². The summed E-state index contributed by atoms with van der Waals surface area (Å²) in [4.78, 5) is 55.7. The first kappa shape index (κ1) is 19.3. The summed E-state index contributed by atoms with van der Waals surface area (Å²) in [5.74, 6) is -4.65. The van der Waals surface area contributed by atoms with Crippen LogP contribution in [0.3, 0.4) is 0 Å². The highest BCUT2D eigenvalue weighted by Crippen LogP contribution is 2.00. The molecule has 0 aliphatic carbocycles. The molecular weight excluding hydrogens is 298 g/mol. The van der Waals surface area contributed by atoms with Crippen LogP contribution in [0.15, 0.2) is 0 Å². The number of amides is 4. The third-order valence-corrected chi connectivity index (χ3v) is 2.54. The quantitative estimate of drug-likeness (QED) is 0.236. The normalized spacial score (nSPS) is 12.8. The van der Waals surface area contributed by atoms with E-state index in [1.165, 1.54) is 0 Å². The van der Waals surface area contributed by atoms with E-state index in [1.54, 1.807) is 0 Å². The standard InChI is InChI=1S/C11H19N5O6/c12-4-9(19)15-6(3-8(14)18)10(20)16-5(11(21)22)1-2-7(13)17/h5-6H,1-4,12H2,(H2,13,17)(H2,14,18)(H,15,19)(H,16,20)(H,21,22)/t5-,6-/m0/s1. The Bertz CT molecular complexity index is 466. The third kappa shape index (κ3) is 7.79. The van der Waals surface area contributed by atoms with Crippen LogP contribution < -0.4 is 27.8 Å². The summed E-state index contributed by atoms with van der Waals surface area (Å²) >= 11 is 0.